The summed E-state index contributed by atoms with van der Waals surface area (Å²) in [4.78, 5) is 32.7. The zero-order valence-electron chi connectivity index (χ0n) is 16.6. The van der Waals surface area contributed by atoms with Gasteiger partial charge in [-0.3, -0.25) is 4.79 Å². The van der Waals surface area contributed by atoms with Gasteiger partial charge in [-0.2, -0.15) is 0 Å². The highest BCUT2D eigenvalue weighted by atomic mass is 19.1. The number of anilines is 1. The van der Waals surface area contributed by atoms with Crippen molar-refractivity contribution in [3.05, 3.63) is 29.6 Å². The Kier molecular flexibility index (Phi) is 3.39. The van der Waals surface area contributed by atoms with E-state index in [0.717, 1.165) is 25.0 Å². The smallest absolute Gasteiger partial charge is 0.309 e. The number of carboxylic acid groups (broad SMARTS) is 1. The molecule has 8 nitrogen and oxygen atoms in total. The van der Waals surface area contributed by atoms with Crippen molar-refractivity contribution < 1.29 is 14.3 Å². The highest BCUT2D eigenvalue weighted by molar-refractivity contribution is 5.88. The summed E-state index contributed by atoms with van der Waals surface area (Å²) in [5, 5.41) is 13.1. The molecule has 4 unspecified atom stereocenters. The van der Waals surface area contributed by atoms with E-state index < -0.39 is 23.2 Å². The van der Waals surface area contributed by atoms with Crippen LogP contribution in [0.15, 0.2) is 12.4 Å². The molecule has 3 heterocycles. The number of nitrogens with one attached hydrogen (secondary N) is 2. The maximum absolute atomic E-state index is 15.0. The largest absolute Gasteiger partial charge is 0.481 e. The third-order valence-electron chi connectivity index (χ3n) is 7.50. The molecule has 7 rings (SSSR count). The number of rotatable bonds is 4. The minimum atomic E-state index is -0.804. The molecular formula is C21H21FN6O2. The molecule has 3 aromatic rings. The number of aliphatic carboxylic acids is 1. The topological polar surface area (TPSA) is 117 Å². The Morgan fingerprint density at radius 1 is 1.30 bits per heavy atom. The monoisotopic (exact) mass is 408 g/mol. The van der Waals surface area contributed by atoms with Crippen LogP contribution in [-0.2, 0) is 4.79 Å². The molecule has 0 amide bonds. The number of hydrogen-bond donors (Lipinski definition) is 3. The number of aryl methyl sites for hydroxylation is 2. The molecule has 4 fully saturated rings. The van der Waals surface area contributed by atoms with Crippen LogP contribution in [0.2, 0.25) is 0 Å². The standard InChI is InChI=1S/C21H21FN6O2/c1-8-6-23-19-16(25-8)12(7-24-19)17-26-9(2)15(22)18(27-17)28-21-10-3-4-11(13(21)5-10)14(21)20(29)30/h6-7,10-11,13-14H,3-5H2,1-2H3,(H,23,24)(H,29,30)(H,26,27,28)/t10?,11?,13?,14?,21-/m0/s1. The lowest BCUT2D eigenvalue weighted by atomic mass is 9.32. The van der Waals surface area contributed by atoms with E-state index in [1.54, 1.807) is 19.3 Å². The quantitative estimate of drug-likeness (QED) is 0.607. The number of H-pyrrole nitrogens is 1. The average molecular weight is 408 g/mol. The Balaban J connectivity index is 1.44. The number of aromatic nitrogens is 5. The molecule has 0 aromatic carbocycles. The van der Waals surface area contributed by atoms with Crippen molar-refractivity contribution in [1.29, 1.82) is 0 Å². The van der Waals surface area contributed by atoms with Crippen molar-refractivity contribution in [2.75, 3.05) is 5.32 Å². The molecule has 4 aliphatic rings. The van der Waals surface area contributed by atoms with E-state index in [9.17, 15) is 9.90 Å². The van der Waals surface area contributed by atoms with Crippen molar-refractivity contribution in [2.45, 2.75) is 38.6 Å². The predicted molar refractivity (Wildman–Crippen MR) is 106 cm³/mol. The predicted octanol–water partition coefficient (Wildman–Crippen LogP) is 3.08. The fourth-order valence-corrected chi connectivity index (χ4v) is 6.22. The molecule has 0 radical (unpaired) electrons. The maximum Gasteiger partial charge on any atom is 0.309 e. The Hall–Kier alpha value is -3.10. The van der Waals surface area contributed by atoms with Gasteiger partial charge in [0, 0.05) is 6.20 Å². The summed E-state index contributed by atoms with van der Waals surface area (Å²) in [7, 11) is 0. The molecule has 0 saturated heterocycles. The van der Waals surface area contributed by atoms with Crippen LogP contribution >= 0.6 is 0 Å². The Labute approximate surface area is 171 Å². The zero-order valence-corrected chi connectivity index (χ0v) is 16.6. The Bertz CT molecular complexity index is 1220. The second-order valence-electron chi connectivity index (χ2n) is 8.86. The van der Waals surface area contributed by atoms with E-state index in [2.05, 4.69) is 30.2 Å². The first-order valence-corrected chi connectivity index (χ1v) is 10.3. The normalized spacial score (nSPS) is 31.2. The molecule has 4 saturated carbocycles. The van der Waals surface area contributed by atoms with E-state index in [1.165, 1.54) is 0 Å². The summed E-state index contributed by atoms with van der Waals surface area (Å²) in [6, 6.07) is 0. The van der Waals surface area contributed by atoms with Gasteiger partial charge in [-0.25, -0.2) is 24.3 Å². The van der Waals surface area contributed by atoms with Crippen molar-refractivity contribution in [2.24, 2.45) is 23.7 Å². The van der Waals surface area contributed by atoms with Crippen LogP contribution in [0.4, 0.5) is 10.2 Å². The summed E-state index contributed by atoms with van der Waals surface area (Å²) in [6.07, 6.45) is 6.32. The first kappa shape index (κ1) is 17.7. The summed E-state index contributed by atoms with van der Waals surface area (Å²) in [5.74, 6) is -0.716. The van der Waals surface area contributed by atoms with Crippen molar-refractivity contribution in [1.82, 2.24) is 24.9 Å². The molecule has 3 aromatic heterocycles. The number of carbonyl (C=O) groups is 1. The van der Waals surface area contributed by atoms with Gasteiger partial charge in [0.2, 0.25) is 0 Å². The van der Waals surface area contributed by atoms with Crippen LogP contribution in [-0.4, -0.2) is 41.5 Å². The summed E-state index contributed by atoms with van der Waals surface area (Å²) < 4.78 is 15.0. The fourth-order valence-electron chi connectivity index (χ4n) is 6.22. The van der Waals surface area contributed by atoms with Crippen molar-refractivity contribution in [3.8, 4) is 11.4 Å². The summed E-state index contributed by atoms with van der Waals surface area (Å²) in [6.45, 7) is 3.44. The average Bonchev–Trinajstić information content (AvgIpc) is 3.13. The lowest BCUT2D eigenvalue weighted by Gasteiger charge is -2.75. The molecule has 4 aliphatic carbocycles. The lowest BCUT2D eigenvalue weighted by Crippen LogP contribution is -2.81. The van der Waals surface area contributed by atoms with Crippen molar-refractivity contribution >= 4 is 23.0 Å². The molecule has 0 spiro atoms. The second-order valence-corrected chi connectivity index (χ2v) is 8.86. The second kappa shape index (κ2) is 5.74. The highest BCUT2D eigenvalue weighted by Crippen LogP contribution is 2.72. The minimum absolute atomic E-state index is 0.0776. The Morgan fingerprint density at radius 3 is 2.87 bits per heavy atom. The van der Waals surface area contributed by atoms with E-state index in [-0.39, 0.29) is 29.3 Å². The van der Waals surface area contributed by atoms with Gasteiger partial charge in [-0.05, 0) is 50.9 Å². The molecule has 9 heteroatoms. The number of hydrogen-bond acceptors (Lipinski definition) is 6. The summed E-state index contributed by atoms with van der Waals surface area (Å²) in [5.41, 5.74) is 2.24. The van der Waals surface area contributed by atoms with Crippen LogP contribution in [0.25, 0.3) is 22.6 Å². The van der Waals surface area contributed by atoms with Gasteiger partial charge in [0.1, 0.15) is 5.52 Å². The minimum Gasteiger partial charge on any atom is -0.481 e. The number of fused-ring (bicyclic) bond motifs is 2. The SMILES string of the molecule is Cc1cnc2[nH]cc(-c3nc(C)c(F)c(N[C@@]45C6CCC(C4C6)C5C(=O)O)n3)c2n1. The Morgan fingerprint density at radius 2 is 2.13 bits per heavy atom. The van der Waals surface area contributed by atoms with Crippen LogP contribution in [0, 0.1) is 43.3 Å². The molecule has 0 aliphatic heterocycles. The van der Waals surface area contributed by atoms with Gasteiger partial charge < -0.3 is 15.4 Å². The van der Waals surface area contributed by atoms with Gasteiger partial charge in [0.25, 0.3) is 0 Å². The van der Waals surface area contributed by atoms with E-state index in [4.69, 9.17) is 0 Å². The molecule has 154 valence electrons. The first-order valence-electron chi connectivity index (χ1n) is 10.3. The van der Waals surface area contributed by atoms with E-state index >= 15 is 4.39 Å². The molecule has 5 atom stereocenters. The molecule has 4 bridgehead atoms. The molecule has 3 N–H and O–H groups in total. The van der Waals surface area contributed by atoms with Gasteiger partial charge in [0.05, 0.1) is 34.6 Å². The van der Waals surface area contributed by atoms with Crippen LogP contribution in [0.1, 0.15) is 30.7 Å². The number of aromatic amines is 1. The molecule has 30 heavy (non-hydrogen) atoms. The van der Waals surface area contributed by atoms with Crippen LogP contribution in [0.3, 0.4) is 0 Å². The third-order valence-corrected chi connectivity index (χ3v) is 7.50. The number of nitrogens with zero attached hydrogens (tertiary/aromatic N) is 4. The third kappa shape index (κ3) is 2.07. The first-order chi connectivity index (χ1) is 14.4. The molecular weight excluding hydrogens is 387 g/mol. The van der Waals surface area contributed by atoms with Gasteiger partial charge in [-0.1, -0.05) is 0 Å². The van der Waals surface area contributed by atoms with Crippen LogP contribution < -0.4 is 5.32 Å². The van der Waals surface area contributed by atoms with E-state index in [0.29, 0.717) is 22.6 Å². The maximum atomic E-state index is 15.0. The van der Waals surface area contributed by atoms with Crippen molar-refractivity contribution in [3.63, 3.8) is 0 Å². The van der Waals surface area contributed by atoms with Gasteiger partial charge >= 0.3 is 5.97 Å². The number of carboxylic acids is 1. The highest BCUT2D eigenvalue weighted by Gasteiger charge is 2.76. The van der Waals surface area contributed by atoms with Gasteiger partial charge in [0.15, 0.2) is 23.1 Å². The van der Waals surface area contributed by atoms with Gasteiger partial charge in [-0.15, -0.1) is 0 Å². The zero-order chi connectivity index (χ0) is 20.8. The summed E-state index contributed by atoms with van der Waals surface area (Å²) >= 11 is 0. The number of halogens is 1. The van der Waals surface area contributed by atoms with Crippen LogP contribution in [0.5, 0.6) is 0 Å². The van der Waals surface area contributed by atoms with E-state index in [1.807, 2.05) is 6.92 Å². The fraction of sp³-hybridized carbons (Fsp3) is 0.476. The lowest BCUT2D eigenvalue weighted by molar-refractivity contribution is -0.218.